The Hall–Kier alpha value is -1.30. The van der Waals surface area contributed by atoms with E-state index in [4.69, 9.17) is 9.62 Å². The minimum Gasteiger partial charge on any atom is -0.455 e. The number of halogens is 1. The number of oxime groups is 1. The van der Waals surface area contributed by atoms with E-state index in [9.17, 15) is 0 Å². The Bertz CT molecular complexity index is 474. The van der Waals surface area contributed by atoms with Crippen molar-refractivity contribution in [2.24, 2.45) is 5.16 Å². The van der Waals surface area contributed by atoms with Gasteiger partial charge in [0, 0.05) is 9.13 Å². The lowest BCUT2D eigenvalue weighted by Crippen LogP contribution is -1.75. The van der Waals surface area contributed by atoms with E-state index < -0.39 is 0 Å². The van der Waals surface area contributed by atoms with Gasteiger partial charge in [0.15, 0.2) is 0 Å². The van der Waals surface area contributed by atoms with Crippen LogP contribution < -0.4 is 0 Å². The van der Waals surface area contributed by atoms with Gasteiger partial charge in [0.2, 0.25) is 0 Å². The minimum absolute atomic E-state index is 0.533. The average Bonchev–Trinajstić information content (AvgIpc) is 2.68. The first-order valence-electron chi connectivity index (χ1n) is 4.33. The molecule has 0 aliphatic heterocycles. The maximum Gasteiger partial charge on any atom is 0.149 e. The summed E-state index contributed by atoms with van der Waals surface area (Å²) >= 11 is 2.25. The second-order valence-electron chi connectivity index (χ2n) is 2.95. The highest BCUT2D eigenvalue weighted by Crippen LogP contribution is 2.22. The summed E-state index contributed by atoms with van der Waals surface area (Å²) in [4.78, 5) is 0. The molecule has 2 aromatic rings. The molecular formula is C11H8INO2. The van der Waals surface area contributed by atoms with Gasteiger partial charge < -0.3 is 9.62 Å². The zero-order valence-corrected chi connectivity index (χ0v) is 9.88. The molecule has 0 saturated carbocycles. The lowest BCUT2D eigenvalue weighted by molar-refractivity contribution is 0.321. The summed E-state index contributed by atoms with van der Waals surface area (Å²) in [5, 5.41) is 11.3. The second-order valence-corrected chi connectivity index (χ2v) is 4.20. The van der Waals surface area contributed by atoms with Gasteiger partial charge in [0.25, 0.3) is 0 Å². The Morgan fingerprint density at radius 3 is 2.53 bits per heavy atom. The molecule has 3 nitrogen and oxygen atoms in total. The zero-order chi connectivity index (χ0) is 10.7. The van der Waals surface area contributed by atoms with Crippen LogP contribution in [0.3, 0.4) is 0 Å². The topological polar surface area (TPSA) is 45.7 Å². The summed E-state index contributed by atoms with van der Waals surface area (Å²) in [6.45, 7) is 0. The van der Waals surface area contributed by atoms with Crippen LogP contribution in [0.25, 0.3) is 11.3 Å². The van der Waals surface area contributed by atoms with Crippen LogP contribution in [0.15, 0.2) is 46.0 Å². The summed E-state index contributed by atoms with van der Waals surface area (Å²) < 4.78 is 6.62. The molecule has 76 valence electrons. The zero-order valence-electron chi connectivity index (χ0n) is 7.72. The third kappa shape index (κ3) is 2.38. The van der Waals surface area contributed by atoms with E-state index >= 15 is 0 Å². The highest BCUT2D eigenvalue weighted by atomic mass is 127. The predicted octanol–water partition coefficient (Wildman–Crippen LogP) is 3.36. The van der Waals surface area contributed by atoms with Crippen molar-refractivity contribution in [3.63, 3.8) is 0 Å². The van der Waals surface area contributed by atoms with Crippen LogP contribution >= 0.6 is 22.6 Å². The molecule has 0 amide bonds. The predicted molar refractivity (Wildman–Crippen MR) is 66.2 cm³/mol. The first-order chi connectivity index (χ1) is 7.29. The van der Waals surface area contributed by atoms with Gasteiger partial charge in [-0.3, -0.25) is 0 Å². The molecule has 0 saturated heterocycles. The number of benzene rings is 1. The number of rotatable bonds is 2. The van der Waals surface area contributed by atoms with Crippen molar-refractivity contribution in [3.8, 4) is 11.3 Å². The first-order valence-corrected chi connectivity index (χ1v) is 5.40. The van der Waals surface area contributed by atoms with E-state index in [-0.39, 0.29) is 0 Å². The molecule has 1 aromatic carbocycles. The van der Waals surface area contributed by atoms with Crippen molar-refractivity contribution >= 4 is 28.8 Å². The fourth-order valence-electron chi connectivity index (χ4n) is 1.25. The first kappa shape index (κ1) is 10.2. The molecule has 0 unspecified atom stereocenters. The van der Waals surface area contributed by atoms with E-state index in [1.54, 1.807) is 6.07 Å². The Balaban J connectivity index is 2.33. The van der Waals surface area contributed by atoms with Crippen molar-refractivity contribution in [1.29, 1.82) is 0 Å². The molecule has 4 heteroatoms. The van der Waals surface area contributed by atoms with Crippen LogP contribution in [-0.2, 0) is 0 Å². The van der Waals surface area contributed by atoms with E-state index in [0.29, 0.717) is 5.76 Å². The van der Waals surface area contributed by atoms with Crippen molar-refractivity contribution < 1.29 is 9.62 Å². The summed E-state index contributed by atoms with van der Waals surface area (Å²) in [5.74, 6) is 1.30. The fraction of sp³-hybridized carbons (Fsp3) is 0. The van der Waals surface area contributed by atoms with E-state index in [0.717, 1.165) is 11.3 Å². The highest BCUT2D eigenvalue weighted by Gasteiger charge is 2.02. The molecule has 15 heavy (non-hydrogen) atoms. The maximum absolute atomic E-state index is 8.34. The molecule has 2 rings (SSSR count). The third-order valence-corrected chi connectivity index (χ3v) is 2.66. The van der Waals surface area contributed by atoms with Gasteiger partial charge in [-0.15, -0.1) is 0 Å². The monoisotopic (exact) mass is 313 g/mol. The molecule has 0 aliphatic carbocycles. The largest absolute Gasteiger partial charge is 0.455 e. The highest BCUT2D eigenvalue weighted by molar-refractivity contribution is 14.1. The molecule has 0 spiro atoms. The molecule has 0 fully saturated rings. The quantitative estimate of drug-likeness (QED) is 0.400. The third-order valence-electron chi connectivity index (χ3n) is 1.94. The van der Waals surface area contributed by atoms with Crippen molar-refractivity contribution in [2.45, 2.75) is 0 Å². The lowest BCUT2D eigenvalue weighted by atomic mass is 10.2. The fourth-order valence-corrected chi connectivity index (χ4v) is 1.61. The number of furan rings is 1. The Kier molecular flexibility index (Phi) is 3.05. The molecular weight excluding hydrogens is 305 g/mol. The van der Waals surface area contributed by atoms with Crippen LogP contribution in [0.5, 0.6) is 0 Å². The summed E-state index contributed by atoms with van der Waals surface area (Å²) in [6, 6.07) is 11.6. The van der Waals surface area contributed by atoms with Gasteiger partial charge in [0.05, 0.1) is 0 Å². The molecule has 1 N–H and O–H groups in total. The van der Waals surface area contributed by atoms with Crippen LogP contribution in [0.4, 0.5) is 0 Å². The van der Waals surface area contributed by atoms with Crippen LogP contribution in [-0.4, -0.2) is 11.4 Å². The Morgan fingerprint density at radius 2 is 1.87 bits per heavy atom. The molecule has 0 aliphatic rings. The van der Waals surface area contributed by atoms with Gasteiger partial charge in [0.1, 0.15) is 17.7 Å². The SMILES string of the molecule is O/N=C/c1ccc(-c2ccc(I)cc2)o1. The molecule has 1 heterocycles. The van der Waals surface area contributed by atoms with Gasteiger partial charge in [-0.1, -0.05) is 17.3 Å². The Morgan fingerprint density at radius 1 is 1.13 bits per heavy atom. The lowest BCUT2D eigenvalue weighted by Gasteiger charge is -1.96. The van der Waals surface area contributed by atoms with Gasteiger partial charge in [-0.2, -0.15) is 0 Å². The normalized spacial score (nSPS) is 11.0. The average molecular weight is 313 g/mol. The second kappa shape index (κ2) is 4.48. The van der Waals surface area contributed by atoms with Crippen LogP contribution in [0, 0.1) is 3.57 Å². The smallest absolute Gasteiger partial charge is 0.149 e. The number of nitrogens with zero attached hydrogens (tertiary/aromatic N) is 1. The summed E-state index contributed by atoms with van der Waals surface area (Å²) in [6.07, 6.45) is 1.26. The van der Waals surface area contributed by atoms with Crippen molar-refractivity contribution in [3.05, 3.63) is 45.7 Å². The van der Waals surface area contributed by atoms with Gasteiger partial charge in [-0.25, -0.2) is 0 Å². The van der Waals surface area contributed by atoms with Gasteiger partial charge in [-0.05, 0) is 46.9 Å². The molecule has 0 radical (unpaired) electrons. The van der Waals surface area contributed by atoms with E-state index in [1.807, 2.05) is 30.3 Å². The molecule has 0 bridgehead atoms. The Labute approximate surface area is 101 Å². The number of hydrogen-bond acceptors (Lipinski definition) is 3. The molecule has 1 aromatic heterocycles. The van der Waals surface area contributed by atoms with E-state index in [1.165, 1.54) is 9.78 Å². The van der Waals surface area contributed by atoms with Crippen molar-refractivity contribution in [1.82, 2.24) is 0 Å². The van der Waals surface area contributed by atoms with Crippen LogP contribution in [0.1, 0.15) is 5.76 Å². The summed E-state index contributed by atoms with van der Waals surface area (Å²) in [7, 11) is 0. The maximum atomic E-state index is 8.34. The van der Waals surface area contributed by atoms with E-state index in [2.05, 4.69) is 27.7 Å². The standard InChI is InChI=1S/C11H8INO2/c12-9-3-1-8(2-4-9)11-6-5-10(15-11)7-13-14/h1-7,14H/b13-7+. The minimum atomic E-state index is 0.533. The van der Waals surface area contributed by atoms with Gasteiger partial charge >= 0.3 is 0 Å². The summed E-state index contributed by atoms with van der Waals surface area (Å²) in [5.41, 5.74) is 1.01. The molecule has 0 atom stereocenters. The van der Waals surface area contributed by atoms with Crippen molar-refractivity contribution in [2.75, 3.05) is 0 Å². The number of hydrogen-bond donors (Lipinski definition) is 1. The van der Waals surface area contributed by atoms with Crippen LogP contribution in [0.2, 0.25) is 0 Å².